The van der Waals surface area contributed by atoms with Crippen LogP contribution < -0.4 is 20.5 Å². The summed E-state index contributed by atoms with van der Waals surface area (Å²) in [6.07, 6.45) is 0. The van der Waals surface area contributed by atoms with Gasteiger partial charge in [-0.15, -0.1) is 0 Å². The molecule has 0 saturated carbocycles. The minimum atomic E-state index is -4.05. The monoisotopic (exact) mass is 363 g/mol. The van der Waals surface area contributed by atoms with Crippen molar-refractivity contribution in [2.45, 2.75) is 4.90 Å². The first-order valence-electron chi connectivity index (χ1n) is 7.12. The van der Waals surface area contributed by atoms with Gasteiger partial charge in [-0.3, -0.25) is 14.3 Å². The van der Waals surface area contributed by atoms with Crippen LogP contribution in [0.3, 0.4) is 0 Å². The van der Waals surface area contributed by atoms with Gasteiger partial charge in [-0.25, -0.2) is 8.42 Å². The van der Waals surface area contributed by atoms with Crippen molar-refractivity contribution < 1.29 is 22.7 Å². The van der Waals surface area contributed by atoms with Crippen LogP contribution in [0.1, 0.15) is 20.7 Å². The highest BCUT2D eigenvalue weighted by Gasteiger charge is 2.21. The van der Waals surface area contributed by atoms with Crippen molar-refractivity contribution >= 4 is 27.5 Å². The Labute approximate surface area is 145 Å². The average Bonchev–Trinajstić information content (AvgIpc) is 2.60. The second-order valence-electron chi connectivity index (χ2n) is 4.96. The van der Waals surface area contributed by atoms with Gasteiger partial charge in [0, 0.05) is 7.05 Å². The van der Waals surface area contributed by atoms with Crippen LogP contribution in [0.2, 0.25) is 0 Å². The maximum Gasteiger partial charge on any atom is 0.261 e. The molecule has 4 N–H and O–H groups in total. The van der Waals surface area contributed by atoms with E-state index in [1.165, 1.54) is 44.5 Å². The Morgan fingerprint density at radius 1 is 1.08 bits per heavy atom. The maximum absolute atomic E-state index is 12.6. The van der Waals surface area contributed by atoms with Gasteiger partial charge in [0.15, 0.2) is 0 Å². The predicted molar refractivity (Wildman–Crippen MR) is 92.2 cm³/mol. The van der Waals surface area contributed by atoms with E-state index >= 15 is 0 Å². The average molecular weight is 363 g/mol. The van der Waals surface area contributed by atoms with Crippen LogP contribution in [0.25, 0.3) is 0 Å². The van der Waals surface area contributed by atoms with E-state index in [0.29, 0.717) is 0 Å². The Morgan fingerprint density at radius 2 is 1.76 bits per heavy atom. The lowest BCUT2D eigenvalue weighted by Gasteiger charge is -2.13. The van der Waals surface area contributed by atoms with Crippen molar-refractivity contribution in [2.24, 2.45) is 5.73 Å². The molecule has 2 aromatic carbocycles. The van der Waals surface area contributed by atoms with Crippen molar-refractivity contribution in [3.8, 4) is 5.75 Å². The fourth-order valence-corrected chi connectivity index (χ4v) is 3.26. The lowest BCUT2D eigenvalue weighted by molar-refractivity contribution is 0.0958. The fraction of sp³-hybridized carbons (Fsp3) is 0.125. The van der Waals surface area contributed by atoms with Gasteiger partial charge in [0.1, 0.15) is 5.75 Å². The predicted octanol–water partition coefficient (Wildman–Crippen LogP) is 0.954. The first-order valence-corrected chi connectivity index (χ1v) is 8.60. The summed E-state index contributed by atoms with van der Waals surface area (Å²) in [6, 6.07) is 9.81. The van der Waals surface area contributed by atoms with Crippen molar-refractivity contribution in [1.82, 2.24) is 5.32 Å². The molecule has 0 atom stereocenters. The van der Waals surface area contributed by atoms with Crippen molar-refractivity contribution in [3.05, 3.63) is 53.6 Å². The number of para-hydroxylation sites is 1. The zero-order chi connectivity index (χ0) is 18.6. The van der Waals surface area contributed by atoms with E-state index in [0.717, 1.165) is 0 Å². The standard InChI is InChI=1S/C16H17N3O5S/c1-18-16(21)12-9-10(7-8-14(12)24-2)25(22,23)19-13-6-4-3-5-11(13)15(17)20/h3-9,19H,1-2H3,(H2,17,20)(H,18,21). The minimum absolute atomic E-state index is 0.0334. The lowest BCUT2D eigenvalue weighted by atomic mass is 10.2. The number of hydrogen-bond acceptors (Lipinski definition) is 5. The number of nitrogens with one attached hydrogen (secondary N) is 2. The molecule has 0 fully saturated rings. The quantitative estimate of drug-likeness (QED) is 0.704. The van der Waals surface area contributed by atoms with Crippen LogP contribution in [-0.4, -0.2) is 34.4 Å². The van der Waals surface area contributed by atoms with Gasteiger partial charge in [-0.2, -0.15) is 0 Å². The highest BCUT2D eigenvalue weighted by atomic mass is 32.2. The van der Waals surface area contributed by atoms with E-state index in [1.807, 2.05) is 0 Å². The molecule has 2 rings (SSSR count). The summed E-state index contributed by atoms with van der Waals surface area (Å²) in [5.41, 5.74) is 5.40. The number of benzene rings is 2. The fourth-order valence-electron chi connectivity index (χ4n) is 2.16. The Kier molecular flexibility index (Phi) is 5.28. The van der Waals surface area contributed by atoms with Crippen molar-refractivity contribution in [2.75, 3.05) is 18.9 Å². The molecular weight excluding hydrogens is 346 g/mol. The molecule has 0 aliphatic heterocycles. The normalized spacial score (nSPS) is 10.8. The van der Waals surface area contributed by atoms with Gasteiger partial charge in [0.05, 0.1) is 28.8 Å². The van der Waals surface area contributed by atoms with Crippen LogP contribution in [0, 0.1) is 0 Å². The van der Waals surface area contributed by atoms with Crippen molar-refractivity contribution in [3.63, 3.8) is 0 Å². The van der Waals surface area contributed by atoms with Gasteiger partial charge in [0.25, 0.3) is 21.8 Å². The summed E-state index contributed by atoms with van der Waals surface area (Å²) in [4.78, 5) is 23.2. The smallest absolute Gasteiger partial charge is 0.261 e. The Morgan fingerprint density at radius 3 is 2.36 bits per heavy atom. The highest BCUT2D eigenvalue weighted by molar-refractivity contribution is 7.92. The van der Waals surface area contributed by atoms with E-state index in [1.54, 1.807) is 12.1 Å². The molecule has 0 saturated heterocycles. The third kappa shape index (κ3) is 3.89. The molecule has 0 aromatic heterocycles. The summed E-state index contributed by atoms with van der Waals surface area (Å²) < 4.78 is 32.6. The molecule has 0 aliphatic rings. The highest BCUT2D eigenvalue weighted by Crippen LogP contribution is 2.25. The van der Waals surface area contributed by atoms with Crippen LogP contribution in [0.15, 0.2) is 47.4 Å². The number of amides is 2. The van der Waals surface area contributed by atoms with E-state index in [9.17, 15) is 18.0 Å². The number of primary amides is 1. The number of rotatable bonds is 6. The van der Waals surface area contributed by atoms with E-state index < -0.39 is 21.8 Å². The van der Waals surface area contributed by atoms with Crippen LogP contribution in [0.5, 0.6) is 5.75 Å². The number of methoxy groups -OCH3 is 1. The summed E-state index contributed by atoms with van der Waals surface area (Å²) >= 11 is 0. The zero-order valence-corrected chi connectivity index (χ0v) is 14.4. The van der Waals surface area contributed by atoms with E-state index in [-0.39, 0.29) is 27.5 Å². The van der Waals surface area contributed by atoms with E-state index in [4.69, 9.17) is 10.5 Å². The number of ether oxygens (including phenoxy) is 1. The number of carbonyl (C=O) groups excluding carboxylic acids is 2. The molecule has 132 valence electrons. The second kappa shape index (κ2) is 7.22. The summed E-state index contributed by atoms with van der Waals surface area (Å²) in [6.45, 7) is 0. The Hall–Kier alpha value is -3.07. The number of anilines is 1. The zero-order valence-electron chi connectivity index (χ0n) is 13.6. The first-order chi connectivity index (χ1) is 11.8. The molecule has 25 heavy (non-hydrogen) atoms. The second-order valence-corrected chi connectivity index (χ2v) is 6.64. The third-order valence-electron chi connectivity index (χ3n) is 3.39. The Balaban J connectivity index is 2.47. The number of sulfonamides is 1. The number of hydrogen-bond donors (Lipinski definition) is 3. The summed E-state index contributed by atoms with van der Waals surface area (Å²) in [7, 11) is -1.26. The molecule has 9 heteroatoms. The lowest BCUT2D eigenvalue weighted by Crippen LogP contribution is -2.21. The minimum Gasteiger partial charge on any atom is -0.496 e. The largest absolute Gasteiger partial charge is 0.496 e. The molecule has 8 nitrogen and oxygen atoms in total. The molecule has 0 heterocycles. The Bertz CT molecular complexity index is 925. The van der Waals surface area contributed by atoms with Crippen LogP contribution in [-0.2, 0) is 10.0 Å². The molecule has 0 spiro atoms. The third-order valence-corrected chi connectivity index (χ3v) is 4.75. The van der Waals surface area contributed by atoms with Crippen LogP contribution >= 0.6 is 0 Å². The molecule has 0 aliphatic carbocycles. The van der Waals surface area contributed by atoms with Crippen molar-refractivity contribution in [1.29, 1.82) is 0 Å². The molecule has 2 amide bonds. The van der Waals surface area contributed by atoms with Gasteiger partial charge in [0.2, 0.25) is 0 Å². The molecular formula is C16H17N3O5S. The van der Waals surface area contributed by atoms with E-state index in [2.05, 4.69) is 10.0 Å². The summed E-state index contributed by atoms with van der Waals surface area (Å²) in [5, 5.41) is 2.41. The number of nitrogens with two attached hydrogens (primary N) is 1. The number of carbonyl (C=O) groups is 2. The topological polar surface area (TPSA) is 128 Å². The molecule has 0 radical (unpaired) electrons. The van der Waals surface area contributed by atoms with Gasteiger partial charge < -0.3 is 15.8 Å². The maximum atomic E-state index is 12.6. The molecule has 0 bridgehead atoms. The van der Waals surface area contributed by atoms with Crippen LogP contribution in [0.4, 0.5) is 5.69 Å². The molecule has 2 aromatic rings. The SMILES string of the molecule is CNC(=O)c1cc(S(=O)(=O)Nc2ccccc2C(N)=O)ccc1OC. The van der Waals surface area contributed by atoms with Gasteiger partial charge >= 0.3 is 0 Å². The first kappa shape index (κ1) is 18.3. The van der Waals surface area contributed by atoms with Gasteiger partial charge in [-0.1, -0.05) is 12.1 Å². The van der Waals surface area contributed by atoms with Gasteiger partial charge in [-0.05, 0) is 30.3 Å². The summed E-state index contributed by atoms with van der Waals surface area (Å²) in [5.74, 6) is -1.03. The molecule has 0 unspecified atom stereocenters.